The number of ether oxygens (including phenoxy) is 1. The van der Waals surface area contributed by atoms with Crippen molar-refractivity contribution in [3.63, 3.8) is 0 Å². The molecule has 3 N–H and O–H groups in total. The van der Waals surface area contributed by atoms with Gasteiger partial charge in [0.25, 0.3) is 0 Å². The van der Waals surface area contributed by atoms with E-state index >= 15 is 0 Å². The topological polar surface area (TPSA) is 101 Å². The Morgan fingerprint density at radius 2 is 1.85 bits per heavy atom. The Labute approximate surface area is 156 Å². The number of benzene rings is 1. The molecular weight excluding hydrogens is 346 g/mol. The van der Waals surface area contributed by atoms with Crippen molar-refractivity contribution in [1.29, 1.82) is 0 Å². The van der Waals surface area contributed by atoms with E-state index in [4.69, 9.17) is 9.26 Å². The van der Waals surface area contributed by atoms with Crippen molar-refractivity contribution >= 4 is 17.5 Å². The van der Waals surface area contributed by atoms with Gasteiger partial charge in [0.15, 0.2) is 5.82 Å². The van der Waals surface area contributed by atoms with E-state index in [0.29, 0.717) is 28.8 Å². The minimum absolute atomic E-state index is 0.184. The van der Waals surface area contributed by atoms with Crippen molar-refractivity contribution in [2.45, 2.75) is 26.2 Å². The number of nitrogens with one attached hydrogen (secondary N) is 3. The van der Waals surface area contributed by atoms with Crippen LogP contribution in [0.3, 0.4) is 0 Å². The third kappa shape index (κ3) is 5.21. The average Bonchev–Trinajstić information content (AvgIpc) is 3.10. The van der Waals surface area contributed by atoms with Gasteiger partial charge in [0.05, 0.1) is 5.69 Å². The van der Waals surface area contributed by atoms with Gasteiger partial charge in [0.1, 0.15) is 17.3 Å². The molecule has 0 aliphatic heterocycles. The lowest BCUT2D eigenvalue weighted by Crippen LogP contribution is -2.33. The summed E-state index contributed by atoms with van der Waals surface area (Å²) in [6, 6.07) is 11.9. The number of amides is 2. The molecule has 3 rings (SSSR count). The van der Waals surface area contributed by atoms with E-state index in [2.05, 4.69) is 26.3 Å². The highest BCUT2D eigenvalue weighted by Gasteiger charge is 2.20. The summed E-state index contributed by atoms with van der Waals surface area (Å²) in [5, 5.41) is 6.44. The highest BCUT2D eigenvalue weighted by Crippen LogP contribution is 2.25. The SMILES string of the molecule is CC(C)(C)c1cc(NC(=O)NNc2cccc(Oc3ccncc3)c2)no1. The molecule has 0 spiro atoms. The minimum Gasteiger partial charge on any atom is -0.457 e. The first-order valence-electron chi connectivity index (χ1n) is 8.38. The van der Waals surface area contributed by atoms with Crippen molar-refractivity contribution in [2.24, 2.45) is 0 Å². The van der Waals surface area contributed by atoms with Crippen LogP contribution in [0.25, 0.3) is 0 Å². The smallest absolute Gasteiger partial charge is 0.339 e. The number of hydrogen-bond donors (Lipinski definition) is 3. The Kier molecular flexibility index (Phi) is 5.25. The molecule has 0 unspecified atom stereocenters. The van der Waals surface area contributed by atoms with Gasteiger partial charge in [-0.25, -0.2) is 4.79 Å². The van der Waals surface area contributed by atoms with Gasteiger partial charge in [-0.1, -0.05) is 32.0 Å². The summed E-state index contributed by atoms with van der Waals surface area (Å²) in [6.45, 7) is 6.00. The van der Waals surface area contributed by atoms with Crippen LogP contribution in [0, 0.1) is 0 Å². The van der Waals surface area contributed by atoms with Crippen molar-refractivity contribution in [2.75, 3.05) is 10.7 Å². The van der Waals surface area contributed by atoms with Gasteiger partial charge in [-0.05, 0) is 24.3 Å². The molecule has 140 valence electrons. The number of aromatic nitrogens is 2. The minimum atomic E-state index is -0.468. The largest absolute Gasteiger partial charge is 0.457 e. The van der Waals surface area contributed by atoms with Crippen molar-refractivity contribution < 1.29 is 14.1 Å². The molecule has 0 saturated carbocycles. The Morgan fingerprint density at radius 3 is 2.56 bits per heavy atom. The zero-order valence-corrected chi connectivity index (χ0v) is 15.3. The number of hydrogen-bond acceptors (Lipinski definition) is 6. The van der Waals surface area contributed by atoms with Crippen LogP contribution in [0.15, 0.2) is 59.4 Å². The first-order valence-corrected chi connectivity index (χ1v) is 8.38. The van der Waals surface area contributed by atoms with Crippen LogP contribution in [0.5, 0.6) is 11.5 Å². The third-order valence-electron chi connectivity index (χ3n) is 3.53. The molecule has 27 heavy (non-hydrogen) atoms. The lowest BCUT2D eigenvalue weighted by atomic mass is 9.93. The molecule has 8 nitrogen and oxygen atoms in total. The van der Waals surface area contributed by atoms with Crippen molar-refractivity contribution in [1.82, 2.24) is 15.6 Å². The summed E-state index contributed by atoms with van der Waals surface area (Å²) in [4.78, 5) is 16.0. The second kappa shape index (κ2) is 7.77. The quantitative estimate of drug-likeness (QED) is 0.581. The Bertz CT molecular complexity index is 903. The van der Waals surface area contributed by atoms with Crippen LogP contribution in [0.2, 0.25) is 0 Å². The van der Waals surface area contributed by atoms with Gasteiger partial charge in [0, 0.05) is 29.9 Å². The van der Waals surface area contributed by atoms with Gasteiger partial charge in [0.2, 0.25) is 0 Å². The van der Waals surface area contributed by atoms with Crippen LogP contribution < -0.4 is 20.9 Å². The van der Waals surface area contributed by atoms with Gasteiger partial charge in [-0.3, -0.25) is 21.2 Å². The summed E-state index contributed by atoms with van der Waals surface area (Å²) in [5.74, 6) is 2.33. The number of rotatable bonds is 5. The summed E-state index contributed by atoms with van der Waals surface area (Å²) in [5.41, 5.74) is 5.83. The van der Waals surface area contributed by atoms with Crippen LogP contribution in [0.4, 0.5) is 16.3 Å². The Hall–Kier alpha value is -3.55. The molecular formula is C19H21N5O3. The standard InChI is InChI=1S/C19H21N5O3/c1-19(2,3)16-12-17(24-27-16)21-18(25)23-22-13-5-4-6-15(11-13)26-14-7-9-20-10-8-14/h4-12,22H,1-3H3,(H2,21,23,24,25). The first kappa shape index (κ1) is 18.2. The van der Waals surface area contributed by atoms with Crippen LogP contribution in [-0.2, 0) is 5.41 Å². The van der Waals surface area contributed by atoms with E-state index in [1.807, 2.05) is 32.9 Å². The maximum atomic E-state index is 12.0. The number of nitrogens with zero attached hydrogens (tertiary/aromatic N) is 2. The fraction of sp³-hybridized carbons (Fsp3) is 0.211. The van der Waals surface area contributed by atoms with Gasteiger partial charge in [-0.15, -0.1) is 0 Å². The number of carbonyl (C=O) groups is 1. The molecule has 8 heteroatoms. The summed E-state index contributed by atoms with van der Waals surface area (Å²) >= 11 is 0. The molecule has 0 saturated heterocycles. The molecule has 0 aliphatic rings. The Morgan fingerprint density at radius 1 is 1.07 bits per heavy atom. The molecule has 1 aromatic carbocycles. The number of anilines is 2. The van der Waals surface area contributed by atoms with Crippen LogP contribution in [0.1, 0.15) is 26.5 Å². The van der Waals surface area contributed by atoms with E-state index in [9.17, 15) is 4.79 Å². The highest BCUT2D eigenvalue weighted by atomic mass is 16.5. The molecule has 0 radical (unpaired) electrons. The van der Waals surface area contributed by atoms with Gasteiger partial charge >= 0.3 is 6.03 Å². The fourth-order valence-electron chi connectivity index (χ4n) is 2.14. The maximum absolute atomic E-state index is 12.0. The molecule has 0 atom stereocenters. The van der Waals surface area contributed by atoms with E-state index in [0.717, 1.165) is 0 Å². The van der Waals surface area contributed by atoms with Crippen molar-refractivity contribution in [3.05, 3.63) is 60.6 Å². The predicted octanol–water partition coefficient (Wildman–Crippen LogP) is 4.31. The van der Waals surface area contributed by atoms with Crippen LogP contribution >= 0.6 is 0 Å². The maximum Gasteiger partial charge on any atom is 0.339 e. The second-order valence-electron chi connectivity index (χ2n) is 6.84. The number of hydrazine groups is 1. The number of carbonyl (C=O) groups excluding carboxylic acids is 1. The van der Waals surface area contributed by atoms with Crippen LogP contribution in [-0.4, -0.2) is 16.2 Å². The van der Waals surface area contributed by atoms with Gasteiger partial charge < -0.3 is 9.26 Å². The zero-order chi connectivity index (χ0) is 19.3. The summed E-state index contributed by atoms with van der Waals surface area (Å²) in [7, 11) is 0. The predicted molar refractivity (Wildman–Crippen MR) is 102 cm³/mol. The molecule has 2 aromatic heterocycles. The zero-order valence-electron chi connectivity index (χ0n) is 15.3. The molecule has 2 heterocycles. The summed E-state index contributed by atoms with van der Waals surface area (Å²) < 4.78 is 11.0. The van der Waals surface area contributed by atoms with E-state index in [-0.39, 0.29) is 5.41 Å². The lowest BCUT2D eigenvalue weighted by Gasteiger charge is -2.12. The van der Waals surface area contributed by atoms with E-state index < -0.39 is 6.03 Å². The number of urea groups is 1. The summed E-state index contributed by atoms with van der Waals surface area (Å²) in [6.07, 6.45) is 3.30. The van der Waals surface area contributed by atoms with E-state index in [1.165, 1.54) is 0 Å². The third-order valence-corrected chi connectivity index (χ3v) is 3.53. The highest BCUT2D eigenvalue weighted by molar-refractivity contribution is 5.89. The molecule has 3 aromatic rings. The average molecular weight is 367 g/mol. The molecule has 2 amide bonds. The fourth-order valence-corrected chi connectivity index (χ4v) is 2.14. The van der Waals surface area contributed by atoms with E-state index in [1.54, 1.807) is 42.7 Å². The monoisotopic (exact) mass is 367 g/mol. The Balaban J connectivity index is 1.54. The number of pyridine rings is 1. The molecule has 0 bridgehead atoms. The van der Waals surface area contributed by atoms with Gasteiger partial charge in [-0.2, -0.15) is 0 Å². The normalized spacial score (nSPS) is 10.9. The first-order chi connectivity index (χ1) is 12.9. The second-order valence-corrected chi connectivity index (χ2v) is 6.84. The molecule has 0 aliphatic carbocycles. The molecule has 0 fully saturated rings. The van der Waals surface area contributed by atoms with Crippen molar-refractivity contribution in [3.8, 4) is 11.5 Å². The lowest BCUT2D eigenvalue weighted by molar-refractivity contribution is 0.253.